The summed E-state index contributed by atoms with van der Waals surface area (Å²) < 4.78 is 1.29. The molecule has 2 aromatic rings. The Bertz CT molecular complexity index is 533. The van der Waals surface area contributed by atoms with Crippen molar-refractivity contribution >= 4 is 29.2 Å². The number of benzene rings is 1. The van der Waals surface area contributed by atoms with Gasteiger partial charge in [-0.05, 0) is 18.2 Å². The van der Waals surface area contributed by atoms with Gasteiger partial charge in [-0.1, -0.05) is 28.4 Å². The van der Waals surface area contributed by atoms with Gasteiger partial charge in [-0.3, -0.25) is 0 Å². The van der Waals surface area contributed by atoms with E-state index < -0.39 is 5.97 Å². The standard InChI is InChI=1S/C9H5Cl2N3O2/c10-5-1-6(11)3-7(2-5)14-4-8(9(15)16)12-13-14/h1-4H,(H,15,16). The van der Waals surface area contributed by atoms with Gasteiger partial charge in [0.2, 0.25) is 0 Å². The molecule has 7 heteroatoms. The average Bonchev–Trinajstić information content (AvgIpc) is 2.64. The first-order valence-electron chi connectivity index (χ1n) is 4.18. The molecular weight excluding hydrogens is 253 g/mol. The Morgan fingerprint density at radius 3 is 2.38 bits per heavy atom. The van der Waals surface area contributed by atoms with E-state index in [0.717, 1.165) is 0 Å². The summed E-state index contributed by atoms with van der Waals surface area (Å²) in [4.78, 5) is 10.6. The smallest absolute Gasteiger partial charge is 0.358 e. The monoisotopic (exact) mass is 257 g/mol. The van der Waals surface area contributed by atoms with Crippen LogP contribution in [0.1, 0.15) is 10.5 Å². The molecule has 1 heterocycles. The van der Waals surface area contributed by atoms with Crippen LogP contribution in [0.25, 0.3) is 5.69 Å². The molecule has 0 unspecified atom stereocenters. The van der Waals surface area contributed by atoms with Gasteiger partial charge in [0.1, 0.15) is 0 Å². The van der Waals surface area contributed by atoms with Crippen molar-refractivity contribution in [3.8, 4) is 5.69 Å². The van der Waals surface area contributed by atoms with Gasteiger partial charge in [0.05, 0.1) is 11.9 Å². The van der Waals surface area contributed by atoms with Crippen LogP contribution in [0.5, 0.6) is 0 Å². The highest BCUT2D eigenvalue weighted by atomic mass is 35.5. The minimum absolute atomic E-state index is 0.143. The highest BCUT2D eigenvalue weighted by Crippen LogP contribution is 2.21. The predicted octanol–water partition coefficient (Wildman–Crippen LogP) is 2.27. The molecule has 1 aromatic heterocycles. The Balaban J connectivity index is 2.46. The van der Waals surface area contributed by atoms with E-state index in [0.29, 0.717) is 15.7 Å². The first-order valence-corrected chi connectivity index (χ1v) is 4.94. The highest BCUT2D eigenvalue weighted by molar-refractivity contribution is 6.34. The lowest BCUT2D eigenvalue weighted by molar-refractivity contribution is 0.0690. The molecule has 0 fully saturated rings. The van der Waals surface area contributed by atoms with Gasteiger partial charge in [0, 0.05) is 10.0 Å². The summed E-state index contributed by atoms with van der Waals surface area (Å²) in [7, 11) is 0. The van der Waals surface area contributed by atoms with E-state index in [2.05, 4.69) is 10.3 Å². The molecule has 0 bridgehead atoms. The van der Waals surface area contributed by atoms with Gasteiger partial charge in [-0.15, -0.1) is 5.10 Å². The van der Waals surface area contributed by atoms with E-state index in [1.54, 1.807) is 18.2 Å². The molecule has 5 nitrogen and oxygen atoms in total. The second-order valence-electron chi connectivity index (χ2n) is 2.98. The van der Waals surface area contributed by atoms with Crippen LogP contribution in [0.3, 0.4) is 0 Å². The maximum absolute atomic E-state index is 10.6. The third kappa shape index (κ3) is 2.15. The van der Waals surface area contributed by atoms with Crippen LogP contribution in [0, 0.1) is 0 Å². The number of carbonyl (C=O) groups is 1. The third-order valence-corrected chi connectivity index (χ3v) is 2.26. The number of carboxylic acid groups (broad SMARTS) is 1. The van der Waals surface area contributed by atoms with E-state index in [-0.39, 0.29) is 5.69 Å². The maximum Gasteiger partial charge on any atom is 0.358 e. The van der Waals surface area contributed by atoms with Crippen molar-refractivity contribution in [3.05, 3.63) is 40.1 Å². The fourth-order valence-electron chi connectivity index (χ4n) is 1.16. The van der Waals surface area contributed by atoms with Gasteiger partial charge >= 0.3 is 5.97 Å². The van der Waals surface area contributed by atoms with Gasteiger partial charge in [-0.25, -0.2) is 9.48 Å². The van der Waals surface area contributed by atoms with E-state index in [4.69, 9.17) is 28.3 Å². The Morgan fingerprint density at radius 1 is 1.25 bits per heavy atom. The van der Waals surface area contributed by atoms with Crippen LogP contribution in [-0.2, 0) is 0 Å². The average molecular weight is 258 g/mol. The fourth-order valence-corrected chi connectivity index (χ4v) is 1.67. The van der Waals surface area contributed by atoms with Crippen molar-refractivity contribution < 1.29 is 9.90 Å². The van der Waals surface area contributed by atoms with Crippen molar-refractivity contribution in [2.75, 3.05) is 0 Å². The minimum Gasteiger partial charge on any atom is -0.476 e. The molecule has 1 aromatic carbocycles. The summed E-state index contributed by atoms with van der Waals surface area (Å²) in [6, 6.07) is 4.78. The number of aromatic carboxylic acids is 1. The maximum atomic E-state index is 10.6. The van der Waals surface area contributed by atoms with Crippen molar-refractivity contribution in [1.82, 2.24) is 15.0 Å². The van der Waals surface area contributed by atoms with E-state index in [1.807, 2.05) is 0 Å². The Kier molecular flexibility index (Phi) is 2.80. The number of hydrogen-bond donors (Lipinski definition) is 1. The summed E-state index contributed by atoms with van der Waals surface area (Å²) in [5.41, 5.74) is 0.411. The molecule has 0 radical (unpaired) electrons. The van der Waals surface area contributed by atoms with Crippen LogP contribution in [0.2, 0.25) is 10.0 Å². The van der Waals surface area contributed by atoms with Crippen molar-refractivity contribution in [2.24, 2.45) is 0 Å². The lowest BCUT2D eigenvalue weighted by Crippen LogP contribution is -1.96. The summed E-state index contributed by atoms with van der Waals surface area (Å²) in [6.45, 7) is 0. The third-order valence-electron chi connectivity index (χ3n) is 1.82. The number of rotatable bonds is 2. The van der Waals surface area contributed by atoms with Gasteiger partial charge in [0.15, 0.2) is 5.69 Å². The van der Waals surface area contributed by atoms with Gasteiger partial charge in [0.25, 0.3) is 0 Å². The Morgan fingerprint density at radius 2 is 1.88 bits per heavy atom. The zero-order chi connectivity index (χ0) is 11.7. The van der Waals surface area contributed by atoms with E-state index in [9.17, 15) is 4.79 Å². The molecule has 0 spiro atoms. The first kappa shape index (κ1) is 10.9. The second-order valence-corrected chi connectivity index (χ2v) is 3.85. The van der Waals surface area contributed by atoms with Crippen LogP contribution in [0.15, 0.2) is 24.4 Å². The number of aromatic nitrogens is 3. The van der Waals surface area contributed by atoms with E-state index in [1.165, 1.54) is 10.9 Å². The van der Waals surface area contributed by atoms with Crippen molar-refractivity contribution in [2.45, 2.75) is 0 Å². The molecule has 0 aliphatic carbocycles. The second kappa shape index (κ2) is 4.11. The van der Waals surface area contributed by atoms with Crippen LogP contribution in [0.4, 0.5) is 0 Å². The fraction of sp³-hybridized carbons (Fsp3) is 0. The molecule has 82 valence electrons. The molecular formula is C9H5Cl2N3O2. The predicted molar refractivity (Wildman–Crippen MR) is 58.3 cm³/mol. The molecule has 2 rings (SSSR count). The lowest BCUT2D eigenvalue weighted by Gasteiger charge is -2.01. The molecule has 16 heavy (non-hydrogen) atoms. The number of carboxylic acids is 1. The van der Waals surface area contributed by atoms with Crippen LogP contribution < -0.4 is 0 Å². The Hall–Kier alpha value is -1.59. The normalized spacial score (nSPS) is 10.4. The molecule has 0 amide bonds. The quantitative estimate of drug-likeness (QED) is 0.897. The number of hydrogen-bond acceptors (Lipinski definition) is 3. The van der Waals surface area contributed by atoms with Crippen molar-refractivity contribution in [1.29, 1.82) is 0 Å². The van der Waals surface area contributed by atoms with Crippen molar-refractivity contribution in [3.63, 3.8) is 0 Å². The van der Waals surface area contributed by atoms with Crippen LogP contribution >= 0.6 is 23.2 Å². The Labute approximate surface area is 100 Å². The summed E-state index contributed by atoms with van der Waals surface area (Å²) in [5, 5.41) is 16.7. The zero-order valence-corrected chi connectivity index (χ0v) is 9.27. The summed E-state index contributed by atoms with van der Waals surface area (Å²) in [6.07, 6.45) is 1.28. The highest BCUT2D eigenvalue weighted by Gasteiger charge is 2.09. The minimum atomic E-state index is -1.14. The molecule has 0 aliphatic heterocycles. The first-order chi connectivity index (χ1) is 7.56. The molecule has 0 aliphatic rings. The lowest BCUT2D eigenvalue weighted by atomic mass is 10.3. The summed E-state index contributed by atoms with van der Waals surface area (Å²) in [5.74, 6) is -1.14. The summed E-state index contributed by atoms with van der Waals surface area (Å²) >= 11 is 11.6. The zero-order valence-electron chi connectivity index (χ0n) is 7.76. The molecule has 0 atom stereocenters. The van der Waals surface area contributed by atoms with Crippen LogP contribution in [-0.4, -0.2) is 26.1 Å². The topological polar surface area (TPSA) is 68.0 Å². The number of halogens is 2. The SMILES string of the molecule is O=C(O)c1cn(-c2cc(Cl)cc(Cl)c2)nn1. The van der Waals surface area contributed by atoms with Gasteiger partial charge < -0.3 is 5.11 Å². The van der Waals surface area contributed by atoms with Gasteiger partial charge in [-0.2, -0.15) is 0 Å². The molecule has 0 saturated carbocycles. The molecule has 1 N–H and O–H groups in total. The van der Waals surface area contributed by atoms with E-state index >= 15 is 0 Å². The largest absolute Gasteiger partial charge is 0.476 e. The number of nitrogens with zero attached hydrogens (tertiary/aromatic N) is 3. The molecule has 0 saturated heterocycles.